The smallest absolute Gasteiger partial charge is 0.241 e. The first kappa shape index (κ1) is 13.4. The van der Waals surface area contributed by atoms with Crippen molar-refractivity contribution in [1.29, 1.82) is 0 Å². The van der Waals surface area contributed by atoms with Gasteiger partial charge in [-0.15, -0.1) is 0 Å². The predicted octanol–water partition coefficient (Wildman–Crippen LogP) is 1.68. The van der Waals surface area contributed by atoms with Crippen molar-refractivity contribution in [2.24, 2.45) is 0 Å². The van der Waals surface area contributed by atoms with Crippen molar-refractivity contribution in [3.8, 4) is 0 Å². The molecule has 0 aliphatic carbocycles. The van der Waals surface area contributed by atoms with Crippen LogP contribution in [0.5, 0.6) is 0 Å². The van der Waals surface area contributed by atoms with Crippen molar-refractivity contribution in [2.75, 3.05) is 37.3 Å². The van der Waals surface area contributed by atoms with Crippen molar-refractivity contribution in [2.45, 2.75) is 6.42 Å². The number of benzene rings is 1. The molecule has 0 saturated carbocycles. The summed E-state index contributed by atoms with van der Waals surface area (Å²) in [4.78, 5) is 15.4. The molecular weight excluding hydrogens is 348 g/mol. The van der Waals surface area contributed by atoms with Gasteiger partial charge in [-0.05, 0) is 35.1 Å². The summed E-state index contributed by atoms with van der Waals surface area (Å²) in [6.07, 6.45) is 0.856. The number of nitrogens with two attached hydrogens (primary N) is 1. The van der Waals surface area contributed by atoms with Gasteiger partial charge in [-0.3, -0.25) is 4.79 Å². The van der Waals surface area contributed by atoms with E-state index < -0.39 is 0 Å². The molecule has 0 radical (unpaired) electrons. The van der Waals surface area contributed by atoms with Crippen molar-refractivity contribution < 1.29 is 9.18 Å². The number of nitrogen functional groups attached to an aromatic ring is 1. The van der Waals surface area contributed by atoms with Gasteiger partial charge in [-0.2, -0.15) is 0 Å². The summed E-state index contributed by atoms with van der Waals surface area (Å²) >= 11 is 1.90. The highest BCUT2D eigenvalue weighted by Gasteiger charge is 2.21. The van der Waals surface area contributed by atoms with Crippen molar-refractivity contribution in [1.82, 2.24) is 4.90 Å². The standard InChI is InChI=1S/C12H15FIN3O/c1-16-3-2-4-17(7-12(16)18)11-5-8(13)9(14)6-10(11)15/h5-6H,2-4,7,15H2,1H3. The van der Waals surface area contributed by atoms with Crippen molar-refractivity contribution >= 4 is 39.9 Å². The number of carbonyl (C=O) groups excluding carboxylic acids is 1. The minimum Gasteiger partial charge on any atom is -0.397 e. The number of hydrogen-bond acceptors (Lipinski definition) is 3. The largest absolute Gasteiger partial charge is 0.397 e. The molecule has 0 unspecified atom stereocenters. The van der Waals surface area contributed by atoms with Crippen LogP contribution in [-0.4, -0.2) is 37.5 Å². The van der Waals surface area contributed by atoms with Gasteiger partial charge in [0.25, 0.3) is 0 Å². The Morgan fingerprint density at radius 3 is 2.83 bits per heavy atom. The Morgan fingerprint density at radius 2 is 2.11 bits per heavy atom. The van der Waals surface area contributed by atoms with Crippen LogP contribution in [0.25, 0.3) is 0 Å². The number of hydrogen-bond donors (Lipinski definition) is 1. The van der Waals surface area contributed by atoms with Crippen LogP contribution in [0, 0.1) is 9.39 Å². The van der Waals surface area contributed by atoms with Gasteiger partial charge >= 0.3 is 0 Å². The molecule has 1 saturated heterocycles. The number of nitrogens with zero attached hydrogens (tertiary/aromatic N) is 2. The van der Waals surface area contributed by atoms with Crippen LogP contribution in [0.3, 0.4) is 0 Å². The minimum atomic E-state index is -0.301. The third kappa shape index (κ3) is 2.68. The van der Waals surface area contributed by atoms with E-state index in [2.05, 4.69) is 0 Å². The Morgan fingerprint density at radius 1 is 1.39 bits per heavy atom. The van der Waals surface area contributed by atoms with E-state index in [-0.39, 0.29) is 18.3 Å². The first-order chi connectivity index (χ1) is 8.49. The summed E-state index contributed by atoms with van der Waals surface area (Å²) in [5, 5.41) is 0. The first-order valence-electron chi connectivity index (χ1n) is 5.72. The fourth-order valence-corrected chi connectivity index (χ4v) is 2.51. The van der Waals surface area contributed by atoms with Crippen LogP contribution in [0.2, 0.25) is 0 Å². The van der Waals surface area contributed by atoms with Gasteiger partial charge in [0.2, 0.25) is 5.91 Å². The maximum absolute atomic E-state index is 13.6. The Kier molecular flexibility index (Phi) is 3.94. The van der Waals surface area contributed by atoms with Gasteiger partial charge in [-0.25, -0.2) is 4.39 Å². The molecule has 0 spiro atoms. The van der Waals surface area contributed by atoms with Gasteiger partial charge < -0.3 is 15.5 Å². The Hall–Kier alpha value is -1.05. The summed E-state index contributed by atoms with van der Waals surface area (Å²) < 4.78 is 14.1. The number of rotatable bonds is 1. The first-order valence-corrected chi connectivity index (χ1v) is 6.80. The zero-order valence-corrected chi connectivity index (χ0v) is 12.3. The van der Waals surface area contributed by atoms with E-state index in [0.29, 0.717) is 21.5 Å². The minimum absolute atomic E-state index is 0.0332. The van der Waals surface area contributed by atoms with E-state index >= 15 is 0 Å². The summed E-state index contributed by atoms with van der Waals surface area (Å²) in [5.74, 6) is -0.268. The number of likely N-dealkylation sites (N-methyl/N-ethyl adjacent to an activating group) is 1. The van der Waals surface area contributed by atoms with Crippen LogP contribution >= 0.6 is 22.6 Å². The molecule has 6 heteroatoms. The maximum Gasteiger partial charge on any atom is 0.241 e. The number of carbonyl (C=O) groups is 1. The Labute approximate surface area is 119 Å². The van der Waals surface area contributed by atoms with E-state index in [1.165, 1.54) is 6.07 Å². The predicted molar refractivity (Wildman–Crippen MR) is 78.0 cm³/mol. The second-order valence-electron chi connectivity index (χ2n) is 4.42. The molecule has 1 heterocycles. The van der Waals surface area contributed by atoms with E-state index in [1.807, 2.05) is 27.5 Å². The van der Waals surface area contributed by atoms with Crippen LogP contribution in [0.1, 0.15) is 6.42 Å². The maximum atomic E-state index is 13.6. The molecule has 1 aliphatic rings. The second-order valence-corrected chi connectivity index (χ2v) is 5.58. The van der Waals surface area contributed by atoms with Gasteiger partial charge in [0.1, 0.15) is 5.82 Å². The quantitative estimate of drug-likeness (QED) is 0.610. The van der Waals surface area contributed by atoms with E-state index in [0.717, 1.165) is 13.0 Å². The third-order valence-corrected chi connectivity index (χ3v) is 3.91. The number of anilines is 2. The van der Waals surface area contributed by atoms with Gasteiger partial charge in [0, 0.05) is 26.2 Å². The number of amides is 1. The van der Waals surface area contributed by atoms with Crippen LogP contribution < -0.4 is 10.6 Å². The molecule has 0 atom stereocenters. The van der Waals surface area contributed by atoms with E-state index in [4.69, 9.17) is 5.73 Å². The third-order valence-electron chi connectivity index (χ3n) is 3.08. The van der Waals surface area contributed by atoms with Crippen molar-refractivity contribution in [3.63, 3.8) is 0 Å². The molecule has 1 aromatic rings. The normalized spacial score (nSPS) is 16.9. The van der Waals surface area contributed by atoms with Crippen LogP contribution in [0.15, 0.2) is 12.1 Å². The summed E-state index contributed by atoms with van der Waals surface area (Å²) in [6, 6.07) is 3.01. The number of halogens is 2. The van der Waals surface area contributed by atoms with E-state index in [9.17, 15) is 9.18 Å². The lowest BCUT2D eigenvalue weighted by atomic mass is 10.2. The van der Waals surface area contributed by atoms with Gasteiger partial charge in [0.05, 0.1) is 21.5 Å². The van der Waals surface area contributed by atoms with Gasteiger partial charge in [0.15, 0.2) is 0 Å². The molecule has 1 amide bonds. The molecular formula is C12H15FIN3O. The zero-order chi connectivity index (χ0) is 13.3. The fourth-order valence-electron chi connectivity index (χ4n) is 2.02. The molecule has 0 aromatic heterocycles. The molecule has 2 N–H and O–H groups in total. The van der Waals surface area contributed by atoms with Gasteiger partial charge in [-0.1, -0.05) is 0 Å². The molecule has 98 valence electrons. The highest BCUT2D eigenvalue weighted by atomic mass is 127. The lowest BCUT2D eigenvalue weighted by Gasteiger charge is -2.23. The monoisotopic (exact) mass is 363 g/mol. The molecule has 1 fully saturated rings. The molecule has 18 heavy (non-hydrogen) atoms. The molecule has 1 aromatic carbocycles. The van der Waals surface area contributed by atoms with Crippen LogP contribution in [-0.2, 0) is 4.79 Å². The lowest BCUT2D eigenvalue weighted by Crippen LogP contribution is -2.34. The second kappa shape index (κ2) is 5.29. The SMILES string of the molecule is CN1CCCN(c2cc(F)c(I)cc2N)CC1=O. The lowest BCUT2D eigenvalue weighted by molar-refractivity contribution is -0.127. The molecule has 0 bridgehead atoms. The van der Waals surface area contributed by atoms with E-state index in [1.54, 1.807) is 18.0 Å². The Bertz CT molecular complexity index is 481. The van der Waals surface area contributed by atoms with Crippen LogP contribution in [0.4, 0.5) is 15.8 Å². The molecule has 2 rings (SSSR count). The Balaban J connectivity index is 2.30. The summed E-state index contributed by atoms with van der Waals surface area (Å²) in [7, 11) is 1.78. The van der Waals surface area contributed by atoms with Crippen molar-refractivity contribution in [3.05, 3.63) is 21.5 Å². The highest BCUT2D eigenvalue weighted by molar-refractivity contribution is 14.1. The summed E-state index contributed by atoms with van der Waals surface area (Å²) in [6.45, 7) is 1.68. The average molecular weight is 363 g/mol. The topological polar surface area (TPSA) is 49.6 Å². The highest BCUT2D eigenvalue weighted by Crippen LogP contribution is 2.28. The fraction of sp³-hybridized carbons (Fsp3) is 0.417. The zero-order valence-electron chi connectivity index (χ0n) is 10.1. The average Bonchev–Trinajstić information content (AvgIpc) is 2.47. The molecule has 1 aliphatic heterocycles. The molecule has 4 nitrogen and oxygen atoms in total. The summed E-state index contributed by atoms with van der Waals surface area (Å²) in [5.41, 5.74) is 7.03.